The van der Waals surface area contributed by atoms with Crippen molar-refractivity contribution in [3.63, 3.8) is 0 Å². The van der Waals surface area contributed by atoms with E-state index < -0.39 is 0 Å². The van der Waals surface area contributed by atoms with E-state index in [2.05, 4.69) is 5.32 Å². The zero-order valence-corrected chi connectivity index (χ0v) is 10.3. The van der Waals surface area contributed by atoms with Crippen LogP contribution in [0, 0.1) is 11.3 Å². The summed E-state index contributed by atoms with van der Waals surface area (Å²) in [5.74, 6) is 0.00957. The Hall–Kier alpha value is -2.22. The van der Waals surface area contributed by atoms with Gasteiger partial charge in [0.25, 0.3) is 0 Å². The van der Waals surface area contributed by atoms with Crippen LogP contribution in [0.4, 0.5) is 11.4 Å². The van der Waals surface area contributed by atoms with Gasteiger partial charge in [-0.1, -0.05) is 0 Å². The first-order chi connectivity index (χ1) is 8.60. The van der Waals surface area contributed by atoms with Crippen LogP contribution in [0.25, 0.3) is 0 Å². The van der Waals surface area contributed by atoms with Gasteiger partial charge in [-0.3, -0.25) is 4.79 Å². The van der Waals surface area contributed by atoms with Gasteiger partial charge in [0.15, 0.2) is 0 Å². The molecule has 0 bridgehead atoms. The molecule has 5 nitrogen and oxygen atoms in total. The molecule has 0 unspecified atom stereocenters. The summed E-state index contributed by atoms with van der Waals surface area (Å²) in [4.78, 5) is 13.5. The number of hydrogen-bond acceptors (Lipinski definition) is 4. The van der Waals surface area contributed by atoms with Crippen LogP contribution in [0.1, 0.15) is 18.4 Å². The van der Waals surface area contributed by atoms with Crippen molar-refractivity contribution in [2.45, 2.75) is 18.9 Å². The van der Waals surface area contributed by atoms with Crippen LogP contribution in [0.5, 0.6) is 0 Å². The van der Waals surface area contributed by atoms with E-state index in [-0.39, 0.29) is 12.5 Å². The lowest BCUT2D eigenvalue weighted by atomic mass is 10.1. The third kappa shape index (κ3) is 2.92. The summed E-state index contributed by atoms with van der Waals surface area (Å²) >= 11 is 0. The molecule has 3 N–H and O–H groups in total. The SMILES string of the molecule is CN(CC(=O)NC1CC1)c1ccc(N)c(C#N)c1. The van der Waals surface area contributed by atoms with E-state index in [1.165, 1.54) is 0 Å². The van der Waals surface area contributed by atoms with E-state index in [0.717, 1.165) is 18.5 Å². The zero-order valence-electron chi connectivity index (χ0n) is 10.3. The van der Waals surface area contributed by atoms with Gasteiger partial charge in [-0.25, -0.2) is 0 Å². The predicted molar refractivity (Wildman–Crippen MR) is 70.0 cm³/mol. The molecule has 5 heteroatoms. The van der Waals surface area contributed by atoms with Gasteiger partial charge in [-0.2, -0.15) is 5.26 Å². The number of rotatable bonds is 4. The lowest BCUT2D eigenvalue weighted by molar-refractivity contribution is -0.119. The Labute approximate surface area is 106 Å². The third-order valence-electron chi connectivity index (χ3n) is 2.92. The number of nitrogens with one attached hydrogen (secondary N) is 1. The molecular weight excluding hydrogens is 228 g/mol. The topological polar surface area (TPSA) is 82.2 Å². The molecule has 1 fully saturated rings. The number of likely N-dealkylation sites (N-methyl/N-ethyl adjacent to an activating group) is 1. The molecule has 2 rings (SSSR count). The summed E-state index contributed by atoms with van der Waals surface area (Å²) < 4.78 is 0. The molecule has 0 atom stereocenters. The summed E-state index contributed by atoms with van der Waals surface area (Å²) in [5, 5.41) is 11.8. The average molecular weight is 244 g/mol. The molecule has 94 valence electrons. The molecule has 18 heavy (non-hydrogen) atoms. The Morgan fingerprint density at radius 2 is 2.33 bits per heavy atom. The van der Waals surface area contributed by atoms with Gasteiger partial charge in [-0.05, 0) is 31.0 Å². The number of carbonyl (C=O) groups excluding carboxylic acids is 1. The van der Waals surface area contributed by atoms with Crippen LogP contribution in [-0.4, -0.2) is 25.5 Å². The summed E-state index contributed by atoms with van der Waals surface area (Å²) in [5.41, 5.74) is 7.35. The maximum atomic E-state index is 11.7. The smallest absolute Gasteiger partial charge is 0.239 e. The lowest BCUT2D eigenvalue weighted by Gasteiger charge is -2.19. The molecule has 1 aliphatic rings. The van der Waals surface area contributed by atoms with E-state index >= 15 is 0 Å². The number of nitrogens with two attached hydrogens (primary N) is 1. The first-order valence-corrected chi connectivity index (χ1v) is 5.90. The molecule has 0 spiro atoms. The minimum atomic E-state index is 0.00957. The van der Waals surface area contributed by atoms with Crippen LogP contribution in [-0.2, 0) is 4.79 Å². The summed E-state index contributed by atoms with van der Waals surface area (Å²) in [7, 11) is 1.82. The number of hydrogen-bond donors (Lipinski definition) is 2. The zero-order chi connectivity index (χ0) is 13.1. The molecule has 1 aromatic rings. The number of amides is 1. The molecule has 1 aliphatic carbocycles. The minimum absolute atomic E-state index is 0.00957. The van der Waals surface area contributed by atoms with Crippen molar-refractivity contribution in [2.24, 2.45) is 0 Å². The van der Waals surface area contributed by atoms with Gasteiger partial charge in [0.2, 0.25) is 5.91 Å². The highest BCUT2D eigenvalue weighted by Gasteiger charge is 2.23. The molecule has 0 radical (unpaired) electrons. The van der Waals surface area contributed by atoms with Gasteiger partial charge in [0, 0.05) is 24.5 Å². The van der Waals surface area contributed by atoms with Crippen molar-refractivity contribution in [3.05, 3.63) is 23.8 Å². The quantitative estimate of drug-likeness (QED) is 0.769. The molecule has 0 saturated heterocycles. The van der Waals surface area contributed by atoms with Gasteiger partial charge in [-0.15, -0.1) is 0 Å². The second-order valence-corrected chi connectivity index (χ2v) is 4.58. The molecule has 0 aliphatic heterocycles. The average Bonchev–Trinajstić information content (AvgIpc) is 3.13. The Morgan fingerprint density at radius 3 is 2.94 bits per heavy atom. The van der Waals surface area contributed by atoms with Gasteiger partial charge < -0.3 is 16.0 Å². The summed E-state index contributed by atoms with van der Waals surface area (Å²) in [6.07, 6.45) is 2.16. The minimum Gasteiger partial charge on any atom is -0.398 e. The van der Waals surface area contributed by atoms with Crippen LogP contribution < -0.4 is 16.0 Å². The van der Waals surface area contributed by atoms with E-state index in [1.807, 2.05) is 13.1 Å². The van der Waals surface area contributed by atoms with Crippen molar-refractivity contribution in [2.75, 3.05) is 24.2 Å². The highest BCUT2D eigenvalue weighted by Crippen LogP contribution is 2.20. The van der Waals surface area contributed by atoms with Crippen molar-refractivity contribution < 1.29 is 4.79 Å². The molecule has 1 aromatic carbocycles. The fraction of sp³-hybridized carbons (Fsp3) is 0.385. The Balaban J connectivity index is 2.01. The van der Waals surface area contributed by atoms with E-state index in [1.54, 1.807) is 23.1 Å². The Morgan fingerprint density at radius 1 is 1.61 bits per heavy atom. The molecule has 1 amide bonds. The normalized spacial score (nSPS) is 13.8. The highest BCUT2D eigenvalue weighted by atomic mass is 16.2. The van der Waals surface area contributed by atoms with Gasteiger partial charge >= 0.3 is 0 Å². The predicted octanol–water partition coefficient (Wildman–Crippen LogP) is 0.855. The standard InChI is InChI=1S/C13H16N4O/c1-17(8-13(18)16-10-2-3-10)11-4-5-12(15)9(6-11)7-14/h4-6,10H,2-3,8,15H2,1H3,(H,16,18). The molecule has 0 aromatic heterocycles. The Kier molecular flexibility index (Phi) is 3.38. The molecular formula is C13H16N4O. The molecule has 0 heterocycles. The maximum absolute atomic E-state index is 11.7. The molecule has 1 saturated carbocycles. The second kappa shape index (κ2) is 4.96. The fourth-order valence-corrected chi connectivity index (χ4v) is 1.69. The van der Waals surface area contributed by atoms with Crippen LogP contribution in [0.3, 0.4) is 0 Å². The fourth-order valence-electron chi connectivity index (χ4n) is 1.69. The van der Waals surface area contributed by atoms with Crippen molar-refractivity contribution in [1.82, 2.24) is 5.32 Å². The van der Waals surface area contributed by atoms with E-state index in [9.17, 15) is 4.79 Å². The van der Waals surface area contributed by atoms with Crippen molar-refractivity contribution >= 4 is 17.3 Å². The van der Waals surface area contributed by atoms with Crippen LogP contribution in [0.2, 0.25) is 0 Å². The van der Waals surface area contributed by atoms with Gasteiger partial charge in [0.05, 0.1) is 12.1 Å². The number of benzene rings is 1. The van der Waals surface area contributed by atoms with Crippen molar-refractivity contribution in [1.29, 1.82) is 5.26 Å². The van der Waals surface area contributed by atoms with E-state index in [0.29, 0.717) is 17.3 Å². The number of anilines is 2. The third-order valence-corrected chi connectivity index (χ3v) is 2.92. The van der Waals surface area contributed by atoms with Crippen molar-refractivity contribution in [3.8, 4) is 6.07 Å². The Bertz CT molecular complexity index is 502. The van der Waals surface area contributed by atoms with Gasteiger partial charge in [0.1, 0.15) is 6.07 Å². The number of nitriles is 1. The highest BCUT2D eigenvalue weighted by molar-refractivity contribution is 5.82. The summed E-state index contributed by atoms with van der Waals surface area (Å²) in [6.45, 7) is 0.283. The summed E-state index contributed by atoms with van der Waals surface area (Å²) in [6, 6.07) is 7.59. The van der Waals surface area contributed by atoms with E-state index in [4.69, 9.17) is 11.0 Å². The lowest BCUT2D eigenvalue weighted by Crippen LogP contribution is -2.36. The van der Waals surface area contributed by atoms with Crippen LogP contribution >= 0.6 is 0 Å². The second-order valence-electron chi connectivity index (χ2n) is 4.58. The monoisotopic (exact) mass is 244 g/mol. The number of nitrogens with zero attached hydrogens (tertiary/aromatic N) is 2. The largest absolute Gasteiger partial charge is 0.398 e. The van der Waals surface area contributed by atoms with Crippen LogP contribution in [0.15, 0.2) is 18.2 Å². The first kappa shape index (κ1) is 12.2. The maximum Gasteiger partial charge on any atom is 0.239 e. The number of nitrogen functional groups attached to an aromatic ring is 1. The number of carbonyl (C=O) groups is 1. The first-order valence-electron chi connectivity index (χ1n) is 5.90.